The second-order valence-corrected chi connectivity index (χ2v) is 5.53. The molecule has 0 atom stereocenters. The van der Waals surface area contributed by atoms with Crippen molar-refractivity contribution < 1.29 is 13.6 Å². The molecule has 1 heterocycles. The van der Waals surface area contributed by atoms with E-state index >= 15 is 0 Å². The molecule has 1 aliphatic carbocycles. The van der Waals surface area contributed by atoms with E-state index in [2.05, 4.69) is 12.1 Å². The Morgan fingerprint density at radius 1 is 1.05 bits per heavy atom. The Morgan fingerprint density at radius 2 is 1.76 bits per heavy atom. The van der Waals surface area contributed by atoms with Gasteiger partial charge in [0.25, 0.3) is 0 Å². The molecule has 0 amide bonds. The van der Waals surface area contributed by atoms with E-state index in [1.807, 2.05) is 12.1 Å². The lowest BCUT2D eigenvalue weighted by atomic mass is 9.99. The topological polar surface area (TPSA) is 30.2 Å². The fourth-order valence-corrected chi connectivity index (χ4v) is 3.08. The van der Waals surface area contributed by atoms with Crippen LogP contribution < -0.4 is 0 Å². The minimum atomic E-state index is -0.324. The Bertz CT molecular complexity index is 822. The highest BCUT2D eigenvalue weighted by molar-refractivity contribution is 5.99. The van der Waals surface area contributed by atoms with Crippen molar-refractivity contribution in [1.29, 1.82) is 0 Å². The highest BCUT2D eigenvalue weighted by Crippen LogP contribution is 2.30. The number of benzene rings is 2. The quantitative estimate of drug-likeness (QED) is 0.659. The molecule has 0 saturated heterocycles. The van der Waals surface area contributed by atoms with Gasteiger partial charge in [-0.05, 0) is 48.2 Å². The highest BCUT2D eigenvalue weighted by atomic mass is 19.1. The lowest BCUT2D eigenvalue weighted by Gasteiger charge is -2.04. The number of Topliss-reactive ketones (excluding diaryl/α,β-unsaturated/α-hetero) is 1. The molecule has 104 valence electrons. The molecule has 0 saturated carbocycles. The smallest absolute Gasteiger partial charge is 0.201 e. The molecule has 0 radical (unpaired) electrons. The molecule has 2 aromatic carbocycles. The van der Waals surface area contributed by atoms with Crippen molar-refractivity contribution in [3.63, 3.8) is 0 Å². The predicted molar refractivity (Wildman–Crippen MR) is 77.8 cm³/mol. The van der Waals surface area contributed by atoms with Crippen LogP contribution in [0.1, 0.15) is 21.7 Å². The third-order valence-corrected chi connectivity index (χ3v) is 4.14. The molecule has 0 aliphatic heterocycles. The first-order valence-corrected chi connectivity index (χ1v) is 7.01. The van der Waals surface area contributed by atoms with Crippen LogP contribution in [0.5, 0.6) is 0 Å². The Hall–Kier alpha value is -2.42. The summed E-state index contributed by atoms with van der Waals surface area (Å²) in [4.78, 5) is 12.6. The molecule has 3 heteroatoms. The van der Waals surface area contributed by atoms with Gasteiger partial charge >= 0.3 is 0 Å². The van der Waals surface area contributed by atoms with E-state index in [4.69, 9.17) is 4.42 Å². The van der Waals surface area contributed by atoms with Crippen LogP contribution in [0.4, 0.5) is 4.39 Å². The van der Waals surface area contributed by atoms with E-state index < -0.39 is 0 Å². The summed E-state index contributed by atoms with van der Waals surface area (Å²) >= 11 is 0. The van der Waals surface area contributed by atoms with Gasteiger partial charge in [0, 0.05) is 11.3 Å². The summed E-state index contributed by atoms with van der Waals surface area (Å²) in [5.74, 6) is -0.0698. The van der Waals surface area contributed by atoms with Gasteiger partial charge in [0.2, 0.25) is 5.78 Å². The Morgan fingerprint density at radius 3 is 2.48 bits per heavy atom. The normalized spacial score (nSPS) is 14.5. The van der Waals surface area contributed by atoms with Crippen LogP contribution in [0.25, 0.3) is 11.0 Å². The molecule has 0 bridgehead atoms. The summed E-state index contributed by atoms with van der Waals surface area (Å²) in [5.41, 5.74) is 3.02. The molecule has 0 unspecified atom stereocenters. The number of halogens is 1. The highest BCUT2D eigenvalue weighted by Gasteiger charge is 2.29. The Labute approximate surface area is 121 Å². The number of furan rings is 1. The zero-order valence-electron chi connectivity index (χ0n) is 11.3. The van der Waals surface area contributed by atoms with Crippen LogP contribution in [0.15, 0.2) is 52.9 Å². The summed E-state index contributed by atoms with van der Waals surface area (Å²) in [6.07, 6.45) is 1.50. The summed E-state index contributed by atoms with van der Waals surface area (Å²) in [7, 11) is 0. The van der Waals surface area contributed by atoms with Crippen molar-refractivity contribution in [2.24, 2.45) is 5.92 Å². The number of hydrogen-bond acceptors (Lipinski definition) is 2. The third-order valence-electron chi connectivity index (χ3n) is 4.14. The maximum Gasteiger partial charge on any atom is 0.201 e. The molecule has 3 aromatic rings. The lowest BCUT2D eigenvalue weighted by molar-refractivity contribution is 0.0898. The zero-order chi connectivity index (χ0) is 14.4. The molecular weight excluding hydrogens is 267 g/mol. The van der Waals surface area contributed by atoms with Crippen LogP contribution in [-0.2, 0) is 12.8 Å². The first-order valence-electron chi connectivity index (χ1n) is 7.01. The number of hydrogen-bond donors (Lipinski definition) is 0. The minimum absolute atomic E-state index is 0.00260. The van der Waals surface area contributed by atoms with E-state index in [1.54, 1.807) is 12.1 Å². The van der Waals surface area contributed by atoms with E-state index in [0.717, 1.165) is 12.8 Å². The fourth-order valence-electron chi connectivity index (χ4n) is 3.08. The average molecular weight is 280 g/mol. The van der Waals surface area contributed by atoms with Gasteiger partial charge in [-0.2, -0.15) is 0 Å². The van der Waals surface area contributed by atoms with Gasteiger partial charge in [0.05, 0.1) is 0 Å². The van der Waals surface area contributed by atoms with Gasteiger partial charge in [-0.1, -0.05) is 24.3 Å². The van der Waals surface area contributed by atoms with Crippen molar-refractivity contribution in [3.05, 3.63) is 71.2 Å². The SMILES string of the molecule is O=C(c1cc2cc(F)ccc2o1)C1Cc2ccccc2C1. The van der Waals surface area contributed by atoms with Gasteiger partial charge in [-0.3, -0.25) is 4.79 Å². The average Bonchev–Trinajstić information content (AvgIpc) is 3.09. The molecular formula is C18H13FO2. The maximum atomic E-state index is 13.2. The number of fused-ring (bicyclic) bond motifs is 2. The van der Waals surface area contributed by atoms with E-state index in [-0.39, 0.29) is 17.5 Å². The van der Waals surface area contributed by atoms with E-state index in [1.165, 1.54) is 23.3 Å². The van der Waals surface area contributed by atoms with Gasteiger partial charge < -0.3 is 4.42 Å². The largest absolute Gasteiger partial charge is 0.453 e. The molecule has 21 heavy (non-hydrogen) atoms. The van der Waals surface area contributed by atoms with Crippen LogP contribution in [0, 0.1) is 11.7 Å². The van der Waals surface area contributed by atoms with Crippen LogP contribution in [0.3, 0.4) is 0 Å². The second kappa shape index (κ2) is 4.55. The number of carbonyl (C=O) groups is 1. The van der Waals surface area contributed by atoms with E-state index in [0.29, 0.717) is 16.7 Å². The summed E-state index contributed by atoms with van der Waals surface area (Å²) in [5, 5.41) is 0.633. The Kier molecular flexibility index (Phi) is 2.67. The summed E-state index contributed by atoms with van der Waals surface area (Å²) in [6, 6.07) is 14.1. The number of carbonyl (C=O) groups excluding carboxylic acids is 1. The minimum Gasteiger partial charge on any atom is -0.453 e. The zero-order valence-corrected chi connectivity index (χ0v) is 11.3. The molecule has 0 N–H and O–H groups in total. The third kappa shape index (κ3) is 2.05. The molecule has 0 spiro atoms. The maximum absolute atomic E-state index is 13.2. The summed E-state index contributed by atoms with van der Waals surface area (Å²) < 4.78 is 18.8. The van der Waals surface area contributed by atoms with Crippen LogP contribution in [-0.4, -0.2) is 5.78 Å². The van der Waals surface area contributed by atoms with Crippen molar-refractivity contribution >= 4 is 16.8 Å². The molecule has 1 aromatic heterocycles. The monoisotopic (exact) mass is 280 g/mol. The standard InChI is InChI=1S/C18H13FO2/c19-15-5-6-16-13(9-15)10-17(21-16)18(20)14-7-11-3-1-2-4-12(11)8-14/h1-6,9-10,14H,7-8H2. The fraction of sp³-hybridized carbons (Fsp3) is 0.167. The van der Waals surface area contributed by atoms with Gasteiger partial charge in [-0.15, -0.1) is 0 Å². The first-order chi connectivity index (χ1) is 10.2. The first kappa shape index (κ1) is 12.3. The number of ketones is 1. The van der Waals surface area contributed by atoms with Gasteiger partial charge in [0.1, 0.15) is 11.4 Å². The van der Waals surface area contributed by atoms with Gasteiger partial charge in [-0.25, -0.2) is 4.39 Å². The molecule has 0 fully saturated rings. The predicted octanol–water partition coefficient (Wildman–Crippen LogP) is 4.17. The van der Waals surface area contributed by atoms with Crippen LogP contribution in [0.2, 0.25) is 0 Å². The second-order valence-electron chi connectivity index (χ2n) is 5.53. The number of rotatable bonds is 2. The molecule has 4 rings (SSSR count). The van der Waals surface area contributed by atoms with Crippen LogP contribution >= 0.6 is 0 Å². The van der Waals surface area contributed by atoms with Crippen molar-refractivity contribution in [2.75, 3.05) is 0 Å². The lowest BCUT2D eigenvalue weighted by Crippen LogP contribution is -2.14. The summed E-state index contributed by atoms with van der Waals surface area (Å²) in [6.45, 7) is 0. The molecule has 2 nitrogen and oxygen atoms in total. The van der Waals surface area contributed by atoms with Crippen molar-refractivity contribution in [1.82, 2.24) is 0 Å². The van der Waals surface area contributed by atoms with Gasteiger partial charge in [0.15, 0.2) is 5.76 Å². The van der Waals surface area contributed by atoms with E-state index in [9.17, 15) is 9.18 Å². The van der Waals surface area contributed by atoms with Crippen molar-refractivity contribution in [3.8, 4) is 0 Å². The van der Waals surface area contributed by atoms with Crippen molar-refractivity contribution in [2.45, 2.75) is 12.8 Å². The molecule has 1 aliphatic rings. The Balaban J connectivity index is 1.65.